The number of hydrogen-bond acceptors (Lipinski definition) is 4. The fourth-order valence-corrected chi connectivity index (χ4v) is 3.17. The largest absolute Gasteiger partial charge is 0.364 e. The van der Waals surface area contributed by atoms with E-state index in [-0.39, 0.29) is 36.9 Å². The second-order valence-electron chi connectivity index (χ2n) is 6.11. The SMILES string of the molecule is Cl.NC[C@H]1CC[C@@H](C(=O)NCC(=O)N2CCc3ccccc3C2)O1. The smallest absolute Gasteiger partial charge is 0.249 e. The molecule has 132 valence electrons. The summed E-state index contributed by atoms with van der Waals surface area (Å²) in [6.45, 7) is 1.75. The minimum atomic E-state index is -0.474. The van der Waals surface area contributed by atoms with E-state index < -0.39 is 6.10 Å². The number of amides is 2. The van der Waals surface area contributed by atoms with Gasteiger partial charge >= 0.3 is 0 Å². The molecule has 0 bridgehead atoms. The molecule has 3 N–H and O–H groups in total. The number of benzene rings is 1. The zero-order chi connectivity index (χ0) is 16.2. The van der Waals surface area contributed by atoms with Crippen LogP contribution >= 0.6 is 12.4 Å². The molecule has 24 heavy (non-hydrogen) atoms. The summed E-state index contributed by atoms with van der Waals surface area (Å²) >= 11 is 0. The maximum atomic E-state index is 12.3. The number of nitrogens with zero attached hydrogens (tertiary/aromatic N) is 1. The van der Waals surface area contributed by atoms with Gasteiger partial charge in [-0.3, -0.25) is 9.59 Å². The lowest BCUT2D eigenvalue weighted by Crippen LogP contribution is -2.45. The Morgan fingerprint density at radius 2 is 2.00 bits per heavy atom. The molecule has 1 saturated heterocycles. The van der Waals surface area contributed by atoms with Gasteiger partial charge in [0.25, 0.3) is 0 Å². The van der Waals surface area contributed by atoms with Crippen LogP contribution in [0.2, 0.25) is 0 Å². The van der Waals surface area contributed by atoms with Crippen LogP contribution in [-0.4, -0.2) is 48.6 Å². The molecule has 0 unspecified atom stereocenters. The van der Waals surface area contributed by atoms with E-state index in [9.17, 15) is 9.59 Å². The molecule has 0 aromatic heterocycles. The standard InChI is InChI=1S/C17H23N3O3.ClH/c18-9-14-5-6-15(23-14)17(22)19-10-16(21)20-8-7-12-3-1-2-4-13(12)11-20;/h1-4,14-15H,5-11,18H2,(H,19,22);1H/t14-,15+;/m1./s1. The van der Waals surface area contributed by atoms with E-state index in [1.165, 1.54) is 11.1 Å². The Morgan fingerprint density at radius 3 is 2.71 bits per heavy atom. The van der Waals surface area contributed by atoms with Crippen molar-refractivity contribution in [2.75, 3.05) is 19.6 Å². The van der Waals surface area contributed by atoms with Gasteiger partial charge in [-0.15, -0.1) is 12.4 Å². The molecule has 2 aliphatic rings. The number of rotatable bonds is 4. The van der Waals surface area contributed by atoms with Gasteiger partial charge in [0.1, 0.15) is 6.10 Å². The summed E-state index contributed by atoms with van der Waals surface area (Å²) in [6, 6.07) is 8.16. The maximum Gasteiger partial charge on any atom is 0.249 e. The number of halogens is 1. The lowest BCUT2D eigenvalue weighted by Gasteiger charge is -2.29. The lowest BCUT2D eigenvalue weighted by molar-refractivity contribution is -0.137. The average molecular weight is 354 g/mol. The lowest BCUT2D eigenvalue weighted by atomic mass is 10.00. The van der Waals surface area contributed by atoms with Gasteiger partial charge in [-0.25, -0.2) is 0 Å². The quantitative estimate of drug-likeness (QED) is 0.831. The van der Waals surface area contributed by atoms with E-state index in [4.69, 9.17) is 10.5 Å². The first-order chi connectivity index (χ1) is 11.2. The van der Waals surface area contributed by atoms with E-state index in [1.807, 2.05) is 18.2 Å². The summed E-state index contributed by atoms with van der Waals surface area (Å²) < 4.78 is 5.53. The van der Waals surface area contributed by atoms with Crippen LogP contribution in [0.1, 0.15) is 24.0 Å². The number of carbonyl (C=O) groups excluding carboxylic acids is 2. The highest BCUT2D eigenvalue weighted by atomic mass is 35.5. The fraction of sp³-hybridized carbons (Fsp3) is 0.529. The molecule has 2 aliphatic heterocycles. The first-order valence-electron chi connectivity index (χ1n) is 8.15. The fourth-order valence-electron chi connectivity index (χ4n) is 3.17. The molecule has 6 nitrogen and oxygen atoms in total. The summed E-state index contributed by atoms with van der Waals surface area (Å²) in [5.41, 5.74) is 8.02. The third-order valence-electron chi connectivity index (χ3n) is 4.56. The van der Waals surface area contributed by atoms with Crippen molar-refractivity contribution in [2.45, 2.75) is 38.0 Å². The molecule has 2 atom stereocenters. The Bertz CT molecular complexity index is 596. The Labute approximate surface area is 148 Å². The van der Waals surface area contributed by atoms with Crippen LogP contribution in [-0.2, 0) is 27.3 Å². The molecule has 7 heteroatoms. The van der Waals surface area contributed by atoms with E-state index >= 15 is 0 Å². The zero-order valence-corrected chi connectivity index (χ0v) is 14.4. The molecule has 2 amide bonds. The molecule has 1 aromatic carbocycles. The van der Waals surface area contributed by atoms with Gasteiger partial charge in [-0.05, 0) is 30.4 Å². The van der Waals surface area contributed by atoms with E-state index in [0.29, 0.717) is 26.1 Å². The van der Waals surface area contributed by atoms with E-state index in [1.54, 1.807) is 4.90 Å². The van der Waals surface area contributed by atoms with Crippen molar-refractivity contribution in [2.24, 2.45) is 5.73 Å². The van der Waals surface area contributed by atoms with Gasteiger partial charge < -0.3 is 20.7 Å². The summed E-state index contributed by atoms with van der Waals surface area (Å²) in [6.07, 6.45) is 1.81. The highest BCUT2D eigenvalue weighted by Crippen LogP contribution is 2.19. The van der Waals surface area contributed by atoms with Crippen molar-refractivity contribution in [3.8, 4) is 0 Å². The highest BCUT2D eigenvalue weighted by molar-refractivity contribution is 5.87. The molecule has 1 aromatic rings. The Morgan fingerprint density at radius 1 is 1.25 bits per heavy atom. The van der Waals surface area contributed by atoms with Crippen molar-refractivity contribution in [1.82, 2.24) is 10.2 Å². The molecule has 0 radical (unpaired) electrons. The number of nitrogens with two attached hydrogens (primary N) is 1. The monoisotopic (exact) mass is 353 g/mol. The first-order valence-corrected chi connectivity index (χ1v) is 8.15. The maximum absolute atomic E-state index is 12.3. The Kier molecular flexibility index (Phi) is 6.60. The third kappa shape index (κ3) is 4.26. The molecule has 0 saturated carbocycles. The van der Waals surface area contributed by atoms with E-state index in [2.05, 4.69) is 11.4 Å². The van der Waals surface area contributed by atoms with Crippen LogP contribution in [0.5, 0.6) is 0 Å². The molecule has 1 fully saturated rings. The van der Waals surface area contributed by atoms with Crippen LogP contribution in [0.3, 0.4) is 0 Å². The number of fused-ring (bicyclic) bond motifs is 1. The summed E-state index contributed by atoms with van der Waals surface area (Å²) in [5, 5.41) is 2.69. The average Bonchev–Trinajstić information content (AvgIpc) is 3.08. The minimum absolute atomic E-state index is 0. The van der Waals surface area contributed by atoms with Crippen LogP contribution in [0.25, 0.3) is 0 Å². The van der Waals surface area contributed by atoms with Crippen molar-refractivity contribution < 1.29 is 14.3 Å². The third-order valence-corrected chi connectivity index (χ3v) is 4.56. The topological polar surface area (TPSA) is 84.7 Å². The normalized spacial score (nSPS) is 22.5. The zero-order valence-electron chi connectivity index (χ0n) is 13.6. The van der Waals surface area contributed by atoms with Gasteiger partial charge in [0.2, 0.25) is 11.8 Å². The van der Waals surface area contributed by atoms with Gasteiger partial charge in [0.05, 0.1) is 12.6 Å². The van der Waals surface area contributed by atoms with Gasteiger partial charge in [0.15, 0.2) is 0 Å². The number of hydrogen-bond donors (Lipinski definition) is 2. The van der Waals surface area contributed by atoms with Crippen LogP contribution in [0, 0.1) is 0 Å². The summed E-state index contributed by atoms with van der Waals surface area (Å²) in [7, 11) is 0. The van der Waals surface area contributed by atoms with Crippen molar-refractivity contribution in [1.29, 1.82) is 0 Å². The first kappa shape index (κ1) is 18.7. The summed E-state index contributed by atoms with van der Waals surface area (Å²) in [5.74, 6) is -0.270. The number of ether oxygens (including phenoxy) is 1. The molecular weight excluding hydrogens is 330 g/mol. The molecule has 2 heterocycles. The van der Waals surface area contributed by atoms with Crippen LogP contribution in [0.4, 0.5) is 0 Å². The minimum Gasteiger partial charge on any atom is -0.364 e. The van der Waals surface area contributed by atoms with Gasteiger partial charge in [-0.1, -0.05) is 24.3 Å². The van der Waals surface area contributed by atoms with Crippen LogP contribution in [0.15, 0.2) is 24.3 Å². The number of nitrogens with one attached hydrogen (secondary N) is 1. The van der Waals surface area contributed by atoms with E-state index in [0.717, 1.165) is 12.8 Å². The van der Waals surface area contributed by atoms with Crippen LogP contribution < -0.4 is 11.1 Å². The number of carbonyl (C=O) groups is 2. The van der Waals surface area contributed by atoms with Gasteiger partial charge in [-0.2, -0.15) is 0 Å². The van der Waals surface area contributed by atoms with Crippen molar-refractivity contribution in [3.05, 3.63) is 35.4 Å². The second-order valence-corrected chi connectivity index (χ2v) is 6.11. The summed E-state index contributed by atoms with van der Waals surface area (Å²) in [4.78, 5) is 26.1. The highest BCUT2D eigenvalue weighted by Gasteiger charge is 2.30. The molecule has 0 spiro atoms. The molecular formula is C17H24ClN3O3. The predicted molar refractivity (Wildman–Crippen MR) is 92.8 cm³/mol. The van der Waals surface area contributed by atoms with Gasteiger partial charge in [0, 0.05) is 19.6 Å². The van der Waals surface area contributed by atoms with Crippen molar-refractivity contribution in [3.63, 3.8) is 0 Å². The Hall–Kier alpha value is -1.63. The Balaban J connectivity index is 0.00000208. The molecule has 3 rings (SSSR count). The predicted octanol–water partition coefficient (Wildman–Crippen LogP) is 0.616. The second kappa shape index (κ2) is 8.46. The van der Waals surface area contributed by atoms with Crippen molar-refractivity contribution >= 4 is 24.2 Å². The molecule has 0 aliphatic carbocycles.